The van der Waals surface area contributed by atoms with Gasteiger partial charge in [-0.3, -0.25) is 9.69 Å². The highest BCUT2D eigenvalue weighted by atomic mass is 16.5. The standard InChI is InChI=1S/C16H23NO4/c1-3-21-16(18)12-15(17-7-9-20-10-8-17)13-5-4-6-14(11-13)19-2/h4-6,11,15H,3,7-10,12H2,1-2H3. The summed E-state index contributed by atoms with van der Waals surface area (Å²) in [7, 11) is 1.65. The Labute approximate surface area is 125 Å². The first-order chi connectivity index (χ1) is 10.2. The third-order valence-corrected chi connectivity index (χ3v) is 3.63. The van der Waals surface area contributed by atoms with E-state index in [0.29, 0.717) is 26.2 Å². The molecule has 0 radical (unpaired) electrons. The van der Waals surface area contributed by atoms with Crippen molar-refractivity contribution in [2.45, 2.75) is 19.4 Å². The van der Waals surface area contributed by atoms with Crippen LogP contribution in [0.1, 0.15) is 24.9 Å². The Morgan fingerprint density at radius 1 is 1.38 bits per heavy atom. The minimum Gasteiger partial charge on any atom is -0.497 e. The van der Waals surface area contributed by atoms with E-state index in [1.54, 1.807) is 7.11 Å². The number of ether oxygens (including phenoxy) is 3. The van der Waals surface area contributed by atoms with Gasteiger partial charge in [-0.1, -0.05) is 12.1 Å². The quantitative estimate of drug-likeness (QED) is 0.751. The molecule has 2 rings (SSSR count). The SMILES string of the molecule is CCOC(=O)CC(c1cccc(OC)c1)N1CCOCC1. The first-order valence-corrected chi connectivity index (χ1v) is 7.36. The second kappa shape index (κ2) is 8.00. The van der Waals surface area contributed by atoms with Gasteiger partial charge in [0.1, 0.15) is 5.75 Å². The molecule has 1 saturated heterocycles. The molecule has 21 heavy (non-hydrogen) atoms. The monoisotopic (exact) mass is 293 g/mol. The number of esters is 1. The summed E-state index contributed by atoms with van der Waals surface area (Å²) < 4.78 is 15.8. The average molecular weight is 293 g/mol. The van der Waals surface area contributed by atoms with Crippen molar-refractivity contribution in [2.24, 2.45) is 0 Å². The molecule has 0 aliphatic carbocycles. The summed E-state index contributed by atoms with van der Waals surface area (Å²) in [6, 6.07) is 7.88. The highest BCUT2D eigenvalue weighted by Gasteiger charge is 2.25. The molecule has 1 aromatic carbocycles. The highest BCUT2D eigenvalue weighted by molar-refractivity contribution is 5.70. The Morgan fingerprint density at radius 2 is 2.14 bits per heavy atom. The van der Waals surface area contributed by atoms with Crippen molar-refractivity contribution >= 4 is 5.97 Å². The van der Waals surface area contributed by atoms with Gasteiger partial charge in [-0.2, -0.15) is 0 Å². The zero-order chi connectivity index (χ0) is 15.1. The van der Waals surface area contributed by atoms with Gasteiger partial charge in [0, 0.05) is 19.1 Å². The fraction of sp³-hybridized carbons (Fsp3) is 0.562. The number of hydrogen-bond donors (Lipinski definition) is 0. The maximum atomic E-state index is 11.9. The van der Waals surface area contributed by atoms with Crippen LogP contribution in [0.4, 0.5) is 0 Å². The van der Waals surface area contributed by atoms with Gasteiger partial charge >= 0.3 is 5.97 Å². The first kappa shape index (κ1) is 15.8. The molecule has 1 heterocycles. The summed E-state index contributed by atoms with van der Waals surface area (Å²) in [6.45, 7) is 5.27. The van der Waals surface area contributed by atoms with Crippen LogP contribution < -0.4 is 4.74 Å². The second-order valence-electron chi connectivity index (χ2n) is 4.95. The van der Waals surface area contributed by atoms with E-state index >= 15 is 0 Å². The van der Waals surface area contributed by atoms with E-state index in [2.05, 4.69) is 4.90 Å². The first-order valence-electron chi connectivity index (χ1n) is 7.36. The Bertz CT molecular complexity index is 457. The molecule has 1 atom stereocenters. The third-order valence-electron chi connectivity index (χ3n) is 3.63. The fourth-order valence-electron chi connectivity index (χ4n) is 2.57. The van der Waals surface area contributed by atoms with Crippen LogP contribution in [-0.4, -0.2) is 50.9 Å². The fourth-order valence-corrected chi connectivity index (χ4v) is 2.57. The zero-order valence-electron chi connectivity index (χ0n) is 12.7. The lowest BCUT2D eigenvalue weighted by Crippen LogP contribution is -2.40. The predicted molar refractivity (Wildman–Crippen MR) is 79.4 cm³/mol. The van der Waals surface area contributed by atoms with E-state index in [4.69, 9.17) is 14.2 Å². The molecule has 0 spiro atoms. The Kier molecular flexibility index (Phi) is 6.02. The molecule has 5 heteroatoms. The van der Waals surface area contributed by atoms with Crippen LogP contribution in [0.15, 0.2) is 24.3 Å². The summed E-state index contributed by atoms with van der Waals surface area (Å²) in [5.74, 6) is 0.631. The number of rotatable bonds is 6. The number of hydrogen-bond acceptors (Lipinski definition) is 5. The van der Waals surface area contributed by atoms with E-state index in [0.717, 1.165) is 24.4 Å². The summed E-state index contributed by atoms with van der Waals surface area (Å²) in [5, 5.41) is 0. The van der Waals surface area contributed by atoms with Crippen LogP contribution in [-0.2, 0) is 14.3 Å². The lowest BCUT2D eigenvalue weighted by Gasteiger charge is -2.34. The molecule has 0 aromatic heterocycles. The van der Waals surface area contributed by atoms with Crippen molar-refractivity contribution < 1.29 is 19.0 Å². The van der Waals surface area contributed by atoms with E-state index in [9.17, 15) is 4.79 Å². The zero-order valence-corrected chi connectivity index (χ0v) is 12.7. The number of morpholine rings is 1. The molecule has 0 bridgehead atoms. The van der Waals surface area contributed by atoms with Crippen molar-refractivity contribution in [3.63, 3.8) is 0 Å². The Morgan fingerprint density at radius 3 is 2.81 bits per heavy atom. The van der Waals surface area contributed by atoms with Crippen molar-refractivity contribution in [3.8, 4) is 5.75 Å². The topological polar surface area (TPSA) is 48.0 Å². The molecule has 116 valence electrons. The molecular formula is C16H23NO4. The van der Waals surface area contributed by atoms with E-state index in [-0.39, 0.29) is 12.0 Å². The number of carbonyl (C=O) groups is 1. The van der Waals surface area contributed by atoms with E-state index in [1.165, 1.54) is 0 Å². The summed E-state index contributed by atoms with van der Waals surface area (Å²) in [6.07, 6.45) is 0.348. The van der Waals surface area contributed by atoms with E-state index in [1.807, 2.05) is 31.2 Å². The molecule has 1 aliphatic heterocycles. The number of methoxy groups -OCH3 is 1. The molecule has 0 amide bonds. The van der Waals surface area contributed by atoms with Gasteiger partial charge in [0.05, 0.1) is 33.4 Å². The van der Waals surface area contributed by atoms with Crippen LogP contribution in [0.5, 0.6) is 5.75 Å². The van der Waals surface area contributed by atoms with Gasteiger partial charge in [0.15, 0.2) is 0 Å². The second-order valence-corrected chi connectivity index (χ2v) is 4.95. The summed E-state index contributed by atoms with van der Waals surface area (Å²) in [4.78, 5) is 14.2. The van der Waals surface area contributed by atoms with Crippen LogP contribution in [0.25, 0.3) is 0 Å². The number of carbonyl (C=O) groups excluding carboxylic acids is 1. The van der Waals surface area contributed by atoms with Gasteiger partial charge in [0.25, 0.3) is 0 Å². The van der Waals surface area contributed by atoms with Crippen molar-refractivity contribution in [2.75, 3.05) is 40.0 Å². The lowest BCUT2D eigenvalue weighted by atomic mass is 10.0. The van der Waals surface area contributed by atoms with Gasteiger partial charge in [-0.15, -0.1) is 0 Å². The van der Waals surface area contributed by atoms with Crippen LogP contribution in [0, 0.1) is 0 Å². The molecule has 1 aliphatic rings. The van der Waals surface area contributed by atoms with Crippen LogP contribution >= 0.6 is 0 Å². The van der Waals surface area contributed by atoms with Crippen molar-refractivity contribution in [3.05, 3.63) is 29.8 Å². The highest BCUT2D eigenvalue weighted by Crippen LogP contribution is 2.28. The minimum atomic E-state index is -0.170. The van der Waals surface area contributed by atoms with Gasteiger partial charge in [-0.25, -0.2) is 0 Å². The maximum absolute atomic E-state index is 11.9. The van der Waals surface area contributed by atoms with Gasteiger partial charge in [0.2, 0.25) is 0 Å². The van der Waals surface area contributed by atoms with Gasteiger partial charge in [-0.05, 0) is 24.6 Å². The largest absolute Gasteiger partial charge is 0.497 e. The average Bonchev–Trinajstić information content (AvgIpc) is 2.54. The van der Waals surface area contributed by atoms with Crippen molar-refractivity contribution in [1.29, 1.82) is 0 Å². The summed E-state index contributed by atoms with van der Waals surface area (Å²) in [5.41, 5.74) is 1.07. The number of benzene rings is 1. The van der Waals surface area contributed by atoms with E-state index < -0.39 is 0 Å². The molecule has 1 aromatic rings. The molecule has 0 N–H and O–H groups in total. The Hall–Kier alpha value is -1.59. The Balaban J connectivity index is 2.18. The molecule has 0 saturated carbocycles. The lowest BCUT2D eigenvalue weighted by molar-refractivity contribution is -0.145. The van der Waals surface area contributed by atoms with Crippen LogP contribution in [0.3, 0.4) is 0 Å². The molecule has 1 fully saturated rings. The molecular weight excluding hydrogens is 270 g/mol. The third kappa shape index (κ3) is 4.44. The minimum absolute atomic E-state index is 0.00282. The normalized spacial score (nSPS) is 17.2. The molecule has 1 unspecified atom stereocenters. The smallest absolute Gasteiger partial charge is 0.307 e. The summed E-state index contributed by atoms with van der Waals surface area (Å²) >= 11 is 0. The van der Waals surface area contributed by atoms with Crippen molar-refractivity contribution in [1.82, 2.24) is 4.90 Å². The maximum Gasteiger partial charge on any atom is 0.307 e. The predicted octanol–water partition coefficient (Wildman–Crippen LogP) is 2.02. The molecule has 5 nitrogen and oxygen atoms in total. The number of nitrogens with zero attached hydrogens (tertiary/aromatic N) is 1. The van der Waals surface area contributed by atoms with Gasteiger partial charge < -0.3 is 14.2 Å². The van der Waals surface area contributed by atoms with Crippen LogP contribution in [0.2, 0.25) is 0 Å².